The van der Waals surface area contributed by atoms with Crippen LogP contribution in [0.5, 0.6) is 0 Å². The molecule has 19 heavy (non-hydrogen) atoms. The molecule has 0 radical (unpaired) electrons. The fourth-order valence-corrected chi connectivity index (χ4v) is 3.13. The summed E-state index contributed by atoms with van der Waals surface area (Å²) >= 11 is 0. The Balaban J connectivity index is 1.58. The van der Waals surface area contributed by atoms with E-state index in [2.05, 4.69) is 34.2 Å². The van der Waals surface area contributed by atoms with Crippen molar-refractivity contribution in [2.45, 2.75) is 38.0 Å². The van der Waals surface area contributed by atoms with E-state index in [0.29, 0.717) is 5.92 Å². The van der Waals surface area contributed by atoms with E-state index in [-0.39, 0.29) is 0 Å². The molecule has 1 aromatic rings. The van der Waals surface area contributed by atoms with Gasteiger partial charge in [-0.3, -0.25) is 4.99 Å². The highest BCUT2D eigenvalue weighted by atomic mass is 15.2. The second-order valence-corrected chi connectivity index (χ2v) is 5.70. The van der Waals surface area contributed by atoms with Gasteiger partial charge in [-0.1, -0.05) is 37.1 Å². The van der Waals surface area contributed by atoms with Crippen molar-refractivity contribution in [2.75, 3.05) is 19.6 Å². The molecule has 1 aromatic carbocycles. The van der Waals surface area contributed by atoms with Crippen molar-refractivity contribution in [2.24, 2.45) is 10.7 Å². The quantitative estimate of drug-likeness (QED) is 0.653. The number of hydrogen-bond acceptors (Lipinski definition) is 1. The van der Waals surface area contributed by atoms with Crippen molar-refractivity contribution in [3.63, 3.8) is 0 Å². The van der Waals surface area contributed by atoms with Gasteiger partial charge in [0.05, 0.1) is 0 Å². The van der Waals surface area contributed by atoms with Gasteiger partial charge >= 0.3 is 0 Å². The summed E-state index contributed by atoms with van der Waals surface area (Å²) in [4.78, 5) is 6.89. The van der Waals surface area contributed by atoms with Crippen LogP contribution < -0.4 is 5.73 Å². The second-order valence-electron chi connectivity index (χ2n) is 5.70. The lowest BCUT2D eigenvalue weighted by Crippen LogP contribution is -2.38. The molecule has 1 atom stereocenters. The van der Waals surface area contributed by atoms with Crippen molar-refractivity contribution >= 4 is 5.96 Å². The molecular weight excluding hydrogens is 234 g/mol. The van der Waals surface area contributed by atoms with Crippen molar-refractivity contribution in [3.05, 3.63) is 35.4 Å². The zero-order valence-corrected chi connectivity index (χ0v) is 11.5. The number of hydrogen-bond donors (Lipinski definition) is 1. The normalized spacial score (nSPS) is 23.5. The van der Waals surface area contributed by atoms with E-state index in [1.54, 1.807) is 0 Å². The summed E-state index contributed by atoms with van der Waals surface area (Å²) in [5, 5.41) is 0. The Morgan fingerprint density at radius 2 is 1.89 bits per heavy atom. The molecule has 1 saturated heterocycles. The minimum absolute atomic E-state index is 0.585. The topological polar surface area (TPSA) is 41.6 Å². The average Bonchev–Trinajstić information content (AvgIpc) is 2.68. The second kappa shape index (κ2) is 5.64. The molecule has 2 aliphatic rings. The third-order valence-corrected chi connectivity index (χ3v) is 4.36. The van der Waals surface area contributed by atoms with Crippen LogP contribution in [0.25, 0.3) is 0 Å². The van der Waals surface area contributed by atoms with E-state index in [9.17, 15) is 0 Å². The van der Waals surface area contributed by atoms with Gasteiger partial charge in [0.1, 0.15) is 0 Å². The zero-order chi connectivity index (χ0) is 13.1. The fourth-order valence-electron chi connectivity index (χ4n) is 3.13. The van der Waals surface area contributed by atoms with Crippen molar-refractivity contribution in [1.29, 1.82) is 0 Å². The molecule has 1 unspecified atom stereocenters. The third kappa shape index (κ3) is 2.75. The Bertz CT molecular complexity index is 459. The molecule has 3 nitrogen and oxygen atoms in total. The molecular formula is C16H23N3. The standard InChI is InChI=1S/C16H23N3/c17-16(19-9-5-1-2-6-10-19)18-12-14-11-13-7-3-4-8-15(13)14/h3-4,7-8,14H,1-2,5-6,9-12H2,(H2,17,18). The summed E-state index contributed by atoms with van der Waals surface area (Å²) in [6.07, 6.45) is 6.33. The number of guanidine groups is 1. The predicted molar refractivity (Wildman–Crippen MR) is 79.4 cm³/mol. The smallest absolute Gasteiger partial charge is 0.191 e. The van der Waals surface area contributed by atoms with Crippen LogP contribution in [0.15, 0.2) is 29.3 Å². The molecule has 1 aliphatic heterocycles. The van der Waals surface area contributed by atoms with E-state index in [4.69, 9.17) is 5.73 Å². The average molecular weight is 257 g/mol. The molecule has 3 heteroatoms. The van der Waals surface area contributed by atoms with Gasteiger partial charge < -0.3 is 10.6 Å². The number of likely N-dealkylation sites (tertiary alicyclic amines) is 1. The Morgan fingerprint density at radius 3 is 2.63 bits per heavy atom. The van der Waals surface area contributed by atoms with Gasteiger partial charge in [-0.2, -0.15) is 0 Å². The van der Waals surface area contributed by atoms with E-state index in [1.807, 2.05) is 0 Å². The molecule has 1 heterocycles. The van der Waals surface area contributed by atoms with Crippen LogP contribution >= 0.6 is 0 Å². The van der Waals surface area contributed by atoms with E-state index < -0.39 is 0 Å². The number of fused-ring (bicyclic) bond motifs is 1. The van der Waals surface area contributed by atoms with Crippen LogP contribution in [0, 0.1) is 0 Å². The fraction of sp³-hybridized carbons (Fsp3) is 0.562. The Morgan fingerprint density at radius 1 is 1.16 bits per heavy atom. The molecule has 3 rings (SSSR count). The highest BCUT2D eigenvalue weighted by Crippen LogP contribution is 2.34. The van der Waals surface area contributed by atoms with Crippen LogP contribution in [0.4, 0.5) is 0 Å². The van der Waals surface area contributed by atoms with Gasteiger partial charge in [0.2, 0.25) is 0 Å². The lowest BCUT2D eigenvalue weighted by Gasteiger charge is -2.29. The first-order valence-electron chi connectivity index (χ1n) is 7.47. The van der Waals surface area contributed by atoms with Gasteiger partial charge in [-0.05, 0) is 30.4 Å². The molecule has 0 spiro atoms. The lowest BCUT2D eigenvalue weighted by atomic mass is 9.78. The largest absolute Gasteiger partial charge is 0.370 e. The van der Waals surface area contributed by atoms with E-state index >= 15 is 0 Å². The number of aliphatic imine (C=N–C) groups is 1. The maximum absolute atomic E-state index is 6.14. The molecule has 0 bridgehead atoms. The molecule has 2 N–H and O–H groups in total. The van der Waals surface area contributed by atoms with Gasteiger partial charge in [0.25, 0.3) is 0 Å². The van der Waals surface area contributed by atoms with Gasteiger partial charge in [0, 0.05) is 25.6 Å². The van der Waals surface area contributed by atoms with Gasteiger partial charge in [-0.25, -0.2) is 0 Å². The Kier molecular flexibility index (Phi) is 3.72. The van der Waals surface area contributed by atoms with Crippen LogP contribution in [0.1, 0.15) is 42.7 Å². The van der Waals surface area contributed by atoms with Gasteiger partial charge in [0.15, 0.2) is 5.96 Å². The summed E-state index contributed by atoms with van der Waals surface area (Å²) in [5.74, 6) is 1.34. The Labute approximate surface area is 115 Å². The van der Waals surface area contributed by atoms with E-state index in [0.717, 1.165) is 32.0 Å². The maximum Gasteiger partial charge on any atom is 0.191 e. The monoisotopic (exact) mass is 257 g/mol. The predicted octanol–water partition coefficient (Wildman–Crippen LogP) is 2.52. The minimum Gasteiger partial charge on any atom is -0.370 e. The summed E-state index contributed by atoms with van der Waals surface area (Å²) in [5.41, 5.74) is 9.09. The van der Waals surface area contributed by atoms with Crippen LogP contribution in [-0.4, -0.2) is 30.5 Å². The van der Waals surface area contributed by atoms with Crippen molar-refractivity contribution in [1.82, 2.24) is 4.90 Å². The summed E-state index contributed by atoms with van der Waals surface area (Å²) in [6, 6.07) is 8.67. The van der Waals surface area contributed by atoms with Crippen LogP contribution in [0.2, 0.25) is 0 Å². The first-order valence-corrected chi connectivity index (χ1v) is 7.47. The summed E-state index contributed by atoms with van der Waals surface area (Å²) < 4.78 is 0. The molecule has 102 valence electrons. The van der Waals surface area contributed by atoms with Crippen LogP contribution in [0.3, 0.4) is 0 Å². The number of nitrogens with two attached hydrogens (primary N) is 1. The minimum atomic E-state index is 0.585. The van der Waals surface area contributed by atoms with Crippen molar-refractivity contribution in [3.8, 4) is 0 Å². The third-order valence-electron chi connectivity index (χ3n) is 4.36. The van der Waals surface area contributed by atoms with Crippen LogP contribution in [-0.2, 0) is 6.42 Å². The lowest BCUT2D eigenvalue weighted by molar-refractivity contribution is 0.427. The molecule has 0 amide bonds. The zero-order valence-electron chi connectivity index (χ0n) is 11.5. The van der Waals surface area contributed by atoms with Crippen molar-refractivity contribution < 1.29 is 0 Å². The van der Waals surface area contributed by atoms with Gasteiger partial charge in [-0.15, -0.1) is 0 Å². The number of nitrogens with zero attached hydrogens (tertiary/aromatic N) is 2. The first-order chi connectivity index (χ1) is 9.34. The Hall–Kier alpha value is -1.51. The molecule has 0 aromatic heterocycles. The van der Waals surface area contributed by atoms with E-state index in [1.165, 1.54) is 36.8 Å². The highest BCUT2D eigenvalue weighted by Gasteiger charge is 2.25. The SMILES string of the molecule is NC(=NCC1Cc2ccccc21)N1CCCCCC1. The first kappa shape index (κ1) is 12.5. The summed E-state index contributed by atoms with van der Waals surface area (Å²) in [7, 11) is 0. The molecule has 0 saturated carbocycles. The highest BCUT2D eigenvalue weighted by molar-refractivity contribution is 5.78. The number of benzene rings is 1. The molecule has 1 fully saturated rings. The number of rotatable bonds is 2. The summed E-state index contributed by atoms with van der Waals surface area (Å²) in [6.45, 7) is 3.01. The molecule has 1 aliphatic carbocycles. The maximum atomic E-state index is 6.14.